The molecule has 9 heteroatoms. The Kier molecular flexibility index (Phi) is 4.83. The third-order valence-corrected chi connectivity index (χ3v) is 5.04. The smallest absolute Gasteiger partial charge is 0.410 e. The van der Waals surface area contributed by atoms with E-state index >= 15 is 0 Å². The minimum Gasteiger partial charge on any atom is -0.470 e. The maximum Gasteiger partial charge on any atom is 0.410 e. The van der Waals surface area contributed by atoms with E-state index in [4.69, 9.17) is 19.7 Å². The van der Waals surface area contributed by atoms with Crippen LogP contribution in [-0.2, 0) is 4.74 Å². The number of ether oxygens (including phenoxy) is 2. The lowest BCUT2D eigenvalue weighted by molar-refractivity contribution is 0.0223. The van der Waals surface area contributed by atoms with Crippen molar-refractivity contribution in [1.82, 2.24) is 19.7 Å². The normalized spacial score (nSPS) is 19.4. The number of fused-ring (bicyclic) bond motifs is 1. The Hall–Kier alpha value is -3.23. The van der Waals surface area contributed by atoms with Crippen molar-refractivity contribution < 1.29 is 18.8 Å². The molecule has 1 amide bonds. The first-order valence-corrected chi connectivity index (χ1v) is 9.98. The molecule has 9 nitrogen and oxygen atoms in total. The number of hydrogen-bond donors (Lipinski definition) is 1. The quantitative estimate of drug-likeness (QED) is 0.698. The van der Waals surface area contributed by atoms with Crippen molar-refractivity contribution in [2.45, 2.75) is 58.8 Å². The number of likely N-dealkylation sites (tertiary alicyclic amines) is 1. The first kappa shape index (κ1) is 20.1. The zero-order valence-corrected chi connectivity index (χ0v) is 17.9. The highest BCUT2D eigenvalue weighted by molar-refractivity contribution is 5.74. The molecule has 1 aliphatic rings. The first-order valence-electron chi connectivity index (χ1n) is 9.98. The maximum atomic E-state index is 12.5. The summed E-state index contributed by atoms with van der Waals surface area (Å²) >= 11 is 0. The predicted molar refractivity (Wildman–Crippen MR) is 111 cm³/mol. The second-order valence-corrected chi connectivity index (χ2v) is 8.73. The third kappa shape index (κ3) is 3.92. The van der Waals surface area contributed by atoms with Crippen molar-refractivity contribution in [3.8, 4) is 17.0 Å². The summed E-state index contributed by atoms with van der Waals surface area (Å²) in [5, 5.41) is 8.31. The van der Waals surface area contributed by atoms with Gasteiger partial charge < -0.3 is 24.6 Å². The summed E-state index contributed by atoms with van der Waals surface area (Å²) in [6, 6.07) is 5.67. The minimum atomic E-state index is -0.540. The van der Waals surface area contributed by atoms with Gasteiger partial charge in [0.15, 0.2) is 0 Å². The van der Waals surface area contributed by atoms with E-state index in [0.717, 1.165) is 16.6 Å². The number of amides is 1. The SMILES string of the molecule is Cc1onc(O[C@H]2C[C@@H](C)N(C(=O)OC(C)(C)C)C2)c1-c1ccn2nc(N)cc2c1. The van der Waals surface area contributed by atoms with E-state index in [1.54, 1.807) is 15.5 Å². The molecule has 3 aromatic rings. The number of anilines is 1. The van der Waals surface area contributed by atoms with E-state index in [2.05, 4.69) is 10.3 Å². The molecule has 4 rings (SSSR count). The standard InChI is InChI=1S/C21H27N5O4/c1-12-8-16(11-25(12)20(27)29-21(3,4)5)28-19-18(13(2)30-24-19)14-6-7-26-15(9-14)10-17(22)23-26/h6-7,9-10,12,16H,8,11H2,1-5H3,(H2,22,23)/t12-,16+/m1/s1. The molecule has 0 bridgehead atoms. The Morgan fingerprint density at radius 2 is 2.10 bits per heavy atom. The van der Waals surface area contributed by atoms with Crippen molar-refractivity contribution in [2.75, 3.05) is 12.3 Å². The molecule has 2 N–H and O–H groups in total. The van der Waals surface area contributed by atoms with Crippen molar-refractivity contribution in [3.05, 3.63) is 30.2 Å². The molecule has 1 aliphatic heterocycles. The summed E-state index contributed by atoms with van der Waals surface area (Å²) in [7, 11) is 0. The van der Waals surface area contributed by atoms with E-state index < -0.39 is 5.60 Å². The van der Waals surface area contributed by atoms with E-state index in [9.17, 15) is 4.79 Å². The number of rotatable bonds is 3. The van der Waals surface area contributed by atoms with Crippen molar-refractivity contribution in [1.29, 1.82) is 0 Å². The highest BCUT2D eigenvalue weighted by Gasteiger charge is 2.37. The number of carbonyl (C=O) groups is 1. The average molecular weight is 413 g/mol. The first-order chi connectivity index (χ1) is 14.1. The summed E-state index contributed by atoms with van der Waals surface area (Å²) in [6.07, 6.45) is 1.98. The number of pyridine rings is 1. The second kappa shape index (κ2) is 7.23. The molecule has 0 radical (unpaired) electrons. The molecular formula is C21H27N5O4. The number of aryl methyl sites for hydroxylation is 1. The van der Waals surface area contributed by atoms with E-state index in [1.807, 2.05) is 52.9 Å². The van der Waals surface area contributed by atoms with Gasteiger partial charge in [0.1, 0.15) is 23.3 Å². The maximum absolute atomic E-state index is 12.5. The fourth-order valence-electron chi connectivity index (χ4n) is 3.73. The van der Waals surface area contributed by atoms with Gasteiger partial charge in [0.2, 0.25) is 0 Å². The van der Waals surface area contributed by atoms with Gasteiger partial charge in [0.25, 0.3) is 5.88 Å². The molecule has 1 fully saturated rings. The van der Waals surface area contributed by atoms with Crippen LogP contribution in [0.2, 0.25) is 0 Å². The Morgan fingerprint density at radius 3 is 2.83 bits per heavy atom. The van der Waals surface area contributed by atoms with Crippen molar-refractivity contribution in [2.24, 2.45) is 0 Å². The number of aromatic nitrogens is 3. The molecule has 3 aromatic heterocycles. The van der Waals surface area contributed by atoms with Gasteiger partial charge in [-0.3, -0.25) is 0 Å². The van der Waals surface area contributed by atoms with Crippen LogP contribution in [0.15, 0.2) is 28.9 Å². The van der Waals surface area contributed by atoms with Crippen LogP contribution in [-0.4, -0.2) is 50.1 Å². The van der Waals surface area contributed by atoms with Gasteiger partial charge in [-0.25, -0.2) is 9.31 Å². The number of hydrogen-bond acceptors (Lipinski definition) is 7. The molecule has 160 valence electrons. The lowest BCUT2D eigenvalue weighted by atomic mass is 10.1. The van der Waals surface area contributed by atoms with E-state index in [0.29, 0.717) is 30.4 Å². The average Bonchev–Trinajstić information content (AvgIpc) is 3.29. The number of nitrogen functional groups attached to an aromatic ring is 1. The van der Waals surface area contributed by atoms with Crippen LogP contribution in [0.4, 0.5) is 10.6 Å². The fraction of sp³-hybridized carbons (Fsp3) is 0.476. The molecule has 0 saturated carbocycles. The monoisotopic (exact) mass is 413 g/mol. The fourth-order valence-corrected chi connectivity index (χ4v) is 3.73. The highest BCUT2D eigenvalue weighted by Crippen LogP contribution is 2.35. The zero-order valence-electron chi connectivity index (χ0n) is 17.9. The van der Waals surface area contributed by atoms with Gasteiger partial charge in [0, 0.05) is 24.7 Å². The van der Waals surface area contributed by atoms with Crippen LogP contribution < -0.4 is 10.5 Å². The molecule has 30 heavy (non-hydrogen) atoms. The summed E-state index contributed by atoms with van der Waals surface area (Å²) in [4.78, 5) is 14.2. The highest BCUT2D eigenvalue weighted by atomic mass is 16.6. The summed E-state index contributed by atoms with van der Waals surface area (Å²) in [5.41, 5.74) is 7.78. The van der Waals surface area contributed by atoms with Gasteiger partial charge in [-0.15, -0.1) is 0 Å². The molecule has 0 spiro atoms. The van der Waals surface area contributed by atoms with Gasteiger partial charge in [-0.1, -0.05) is 0 Å². The van der Waals surface area contributed by atoms with Gasteiger partial charge in [-0.05, 0) is 57.5 Å². The molecular weight excluding hydrogens is 386 g/mol. The largest absolute Gasteiger partial charge is 0.470 e. The Labute approximate surface area is 174 Å². The van der Waals surface area contributed by atoms with E-state index in [-0.39, 0.29) is 18.2 Å². The summed E-state index contributed by atoms with van der Waals surface area (Å²) in [5.74, 6) is 1.51. The zero-order chi connectivity index (χ0) is 21.6. The Bertz CT molecular complexity index is 1080. The molecule has 2 atom stereocenters. The van der Waals surface area contributed by atoms with Crippen LogP contribution in [0.1, 0.15) is 39.9 Å². The lowest BCUT2D eigenvalue weighted by Gasteiger charge is -2.26. The minimum absolute atomic E-state index is 0.00687. The summed E-state index contributed by atoms with van der Waals surface area (Å²) < 4.78 is 18.8. The number of nitrogens with two attached hydrogens (primary N) is 1. The lowest BCUT2D eigenvalue weighted by Crippen LogP contribution is -2.39. The molecule has 0 aliphatic carbocycles. The Balaban J connectivity index is 1.54. The molecule has 0 unspecified atom stereocenters. The summed E-state index contributed by atoms with van der Waals surface area (Å²) in [6.45, 7) is 9.83. The van der Waals surface area contributed by atoms with Crippen LogP contribution in [0.25, 0.3) is 16.6 Å². The number of carbonyl (C=O) groups excluding carboxylic acids is 1. The van der Waals surface area contributed by atoms with Crippen LogP contribution in [0.5, 0.6) is 5.88 Å². The molecule has 1 saturated heterocycles. The molecule has 4 heterocycles. The molecule has 0 aromatic carbocycles. The van der Waals surface area contributed by atoms with Gasteiger partial charge in [-0.2, -0.15) is 5.10 Å². The van der Waals surface area contributed by atoms with E-state index in [1.165, 1.54) is 0 Å². The predicted octanol–water partition coefficient (Wildman–Crippen LogP) is 3.66. The van der Waals surface area contributed by atoms with Crippen molar-refractivity contribution in [3.63, 3.8) is 0 Å². The second-order valence-electron chi connectivity index (χ2n) is 8.73. The van der Waals surface area contributed by atoms with Crippen LogP contribution in [0, 0.1) is 6.92 Å². The van der Waals surface area contributed by atoms with Gasteiger partial charge in [0.05, 0.1) is 17.6 Å². The van der Waals surface area contributed by atoms with Crippen molar-refractivity contribution >= 4 is 17.4 Å². The Morgan fingerprint density at radius 1 is 1.33 bits per heavy atom. The van der Waals surface area contributed by atoms with Gasteiger partial charge >= 0.3 is 6.09 Å². The van der Waals surface area contributed by atoms with Crippen LogP contribution >= 0.6 is 0 Å². The number of nitrogens with zero attached hydrogens (tertiary/aromatic N) is 4. The third-order valence-electron chi connectivity index (χ3n) is 5.04. The topological polar surface area (TPSA) is 108 Å². The van der Waals surface area contributed by atoms with Crippen LogP contribution in [0.3, 0.4) is 0 Å².